The van der Waals surface area contributed by atoms with E-state index in [0.717, 1.165) is 0 Å². The molecule has 7 nitrogen and oxygen atoms in total. The summed E-state index contributed by atoms with van der Waals surface area (Å²) >= 11 is 0. The van der Waals surface area contributed by atoms with E-state index in [1.807, 2.05) is 0 Å². The molecule has 9 heteroatoms. The summed E-state index contributed by atoms with van der Waals surface area (Å²) in [6.45, 7) is 7.45. The van der Waals surface area contributed by atoms with E-state index in [4.69, 9.17) is 9.66 Å². The minimum absolute atomic E-state index is 0. The molecule has 0 aromatic carbocycles. The largest absolute Gasteiger partial charge is 1.00 e. The summed E-state index contributed by atoms with van der Waals surface area (Å²) < 4.78 is 32.3. The third kappa shape index (κ3) is 16.3. The zero-order valence-electron chi connectivity index (χ0n) is 12.1. The molecule has 0 saturated carbocycles. The number of carboxylic acids is 1. The van der Waals surface area contributed by atoms with Crippen molar-refractivity contribution < 1.29 is 83.8 Å². The van der Waals surface area contributed by atoms with Crippen molar-refractivity contribution in [1.29, 1.82) is 0 Å². The first-order chi connectivity index (χ1) is 8.52. The van der Waals surface area contributed by atoms with Gasteiger partial charge in [0.1, 0.15) is 6.61 Å². The molecule has 0 aromatic rings. The van der Waals surface area contributed by atoms with E-state index in [9.17, 15) is 18.0 Å². The van der Waals surface area contributed by atoms with E-state index in [2.05, 4.69) is 11.7 Å². The molecule has 0 spiro atoms. The van der Waals surface area contributed by atoms with Gasteiger partial charge in [-0.25, -0.2) is 13.2 Å². The Bertz CT molecular complexity index is 414. The molecule has 2 atom stereocenters. The molecule has 0 aliphatic rings. The van der Waals surface area contributed by atoms with Crippen LogP contribution in [0, 0.1) is 12.8 Å². The van der Waals surface area contributed by atoms with E-state index < -0.39 is 33.2 Å². The van der Waals surface area contributed by atoms with Crippen LogP contribution < -0.4 is 51.4 Å². The zero-order chi connectivity index (χ0) is 15.6. The van der Waals surface area contributed by atoms with Crippen LogP contribution in [0.4, 0.5) is 0 Å². The molecule has 0 bridgehead atoms. The first-order valence-corrected chi connectivity index (χ1v) is 6.84. The smallest absolute Gasteiger partial charge is 0.481 e. The van der Waals surface area contributed by atoms with Gasteiger partial charge in [-0.3, -0.25) is 9.35 Å². The van der Waals surface area contributed by atoms with Gasteiger partial charge in [0.2, 0.25) is 10.1 Å². The molecule has 0 radical (unpaired) electrons. The third-order valence-corrected chi connectivity index (χ3v) is 2.73. The van der Waals surface area contributed by atoms with Crippen molar-refractivity contribution in [3.05, 3.63) is 19.1 Å². The molecule has 0 aliphatic carbocycles. The molecule has 0 fully saturated rings. The van der Waals surface area contributed by atoms with Crippen molar-refractivity contribution in [2.24, 2.45) is 5.92 Å². The van der Waals surface area contributed by atoms with Crippen LogP contribution in [0.1, 0.15) is 20.8 Å². The summed E-state index contributed by atoms with van der Waals surface area (Å²) in [5.74, 6) is -2.13. The second-order valence-corrected chi connectivity index (χ2v) is 5.53. The Kier molecular flexibility index (Phi) is 16.3. The van der Waals surface area contributed by atoms with Gasteiger partial charge >= 0.3 is 63.3 Å². The SMILES string of the molecule is CC=CC(=O)OCC(C)C(=O)O.[CH2-]C(C)S(=O)(=O)O.[K+]. The molecule has 0 heterocycles. The van der Waals surface area contributed by atoms with Gasteiger partial charge in [0.15, 0.2) is 0 Å². The number of carbonyl (C=O) groups is 2. The number of hydrogen-bond donors (Lipinski definition) is 2. The topological polar surface area (TPSA) is 118 Å². The molecule has 0 amide bonds. The van der Waals surface area contributed by atoms with Gasteiger partial charge in [-0.1, -0.05) is 13.0 Å². The fraction of sp³-hybridized carbons (Fsp3) is 0.545. The van der Waals surface area contributed by atoms with Crippen molar-refractivity contribution in [2.45, 2.75) is 26.0 Å². The van der Waals surface area contributed by atoms with Crippen LogP contribution in [0.3, 0.4) is 0 Å². The molecule has 2 unspecified atom stereocenters. The number of rotatable bonds is 5. The first-order valence-electron chi connectivity index (χ1n) is 5.34. The maximum atomic E-state index is 10.7. The number of carbonyl (C=O) groups excluding carboxylic acids is 1. The Morgan fingerprint density at radius 1 is 1.35 bits per heavy atom. The molecule has 20 heavy (non-hydrogen) atoms. The molecule has 2 N–H and O–H groups in total. The molecule has 0 aromatic heterocycles. The summed E-state index contributed by atoms with van der Waals surface area (Å²) in [4.78, 5) is 20.9. The van der Waals surface area contributed by atoms with Crippen LogP contribution in [-0.2, 0) is 24.4 Å². The van der Waals surface area contributed by atoms with Crippen LogP contribution in [0.25, 0.3) is 0 Å². The van der Waals surface area contributed by atoms with Gasteiger partial charge in [0, 0.05) is 6.08 Å². The zero-order valence-corrected chi connectivity index (χ0v) is 16.0. The Balaban J connectivity index is -0.000000312. The average Bonchev–Trinajstić information content (AvgIpc) is 2.25. The second kappa shape index (κ2) is 12.9. The number of esters is 1. The Morgan fingerprint density at radius 2 is 1.75 bits per heavy atom. The molecular formula is C11H19KO7S. The number of aliphatic carboxylic acids is 1. The van der Waals surface area contributed by atoms with Crippen LogP contribution in [-0.4, -0.2) is 41.9 Å². The van der Waals surface area contributed by atoms with Gasteiger partial charge in [-0.2, -0.15) is 0 Å². The van der Waals surface area contributed by atoms with Crippen LogP contribution in [0.2, 0.25) is 0 Å². The summed E-state index contributed by atoms with van der Waals surface area (Å²) in [6, 6.07) is 0. The summed E-state index contributed by atoms with van der Waals surface area (Å²) in [7, 11) is -3.85. The monoisotopic (exact) mass is 334 g/mol. The van der Waals surface area contributed by atoms with Gasteiger partial charge in [-0.05, 0) is 19.1 Å². The molecular weight excluding hydrogens is 315 g/mol. The predicted molar refractivity (Wildman–Crippen MR) is 68.9 cm³/mol. The molecule has 112 valence electrons. The minimum atomic E-state index is -3.85. The van der Waals surface area contributed by atoms with Gasteiger partial charge in [0.05, 0.1) is 5.92 Å². The Morgan fingerprint density at radius 3 is 2.00 bits per heavy atom. The minimum Gasteiger partial charge on any atom is -0.481 e. The van der Waals surface area contributed by atoms with Crippen molar-refractivity contribution >= 4 is 22.1 Å². The standard InChI is InChI=1S/C8H12O4.C3H7O3S.K/c1-3-4-7(9)12-5-6(2)8(10)11;1-3(2)7(4,5)6;/h3-4,6H,5H2,1-2H3,(H,10,11);3H,1H2,2H3,(H,4,5,6);/q;-1;+1. The van der Waals surface area contributed by atoms with E-state index in [1.165, 1.54) is 26.0 Å². The number of hydrogen-bond acceptors (Lipinski definition) is 5. The Hall–Kier alpha value is 0.226. The molecule has 0 rings (SSSR count). The van der Waals surface area contributed by atoms with Gasteiger partial charge in [0.25, 0.3) is 0 Å². The van der Waals surface area contributed by atoms with E-state index in [0.29, 0.717) is 0 Å². The fourth-order valence-corrected chi connectivity index (χ4v) is 0.463. The quantitative estimate of drug-likeness (QED) is 0.195. The van der Waals surface area contributed by atoms with Gasteiger partial charge in [-0.15, -0.1) is 0 Å². The van der Waals surface area contributed by atoms with Gasteiger partial charge < -0.3 is 16.8 Å². The third-order valence-electron chi connectivity index (χ3n) is 1.71. The van der Waals surface area contributed by atoms with Crippen molar-refractivity contribution in [3.63, 3.8) is 0 Å². The Labute approximate surface area is 161 Å². The maximum absolute atomic E-state index is 10.7. The number of carboxylic acid groups (broad SMARTS) is 1. The van der Waals surface area contributed by atoms with Crippen molar-refractivity contribution in [2.75, 3.05) is 6.61 Å². The van der Waals surface area contributed by atoms with Crippen LogP contribution >= 0.6 is 0 Å². The summed E-state index contributed by atoms with van der Waals surface area (Å²) in [5.41, 5.74) is 0. The van der Waals surface area contributed by atoms with Crippen LogP contribution in [0.15, 0.2) is 12.2 Å². The van der Waals surface area contributed by atoms with Crippen LogP contribution in [0.5, 0.6) is 0 Å². The van der Waals surface area contributed by atoms with E-state index >= 15 is 0 Å². The summed E-state index contributed by atoms with van der Waals surface area (Å²) in [6.07, 6.45) is 2.78. The van der Waals surface area contributed by atoms with Crippen molar-refractivity contribution in [3.8, 4) is 0 Å². The second-order valence-electron chi connectivity index (χ2n) is 3.69. The normalized spacial score (nSPS) is 13.4. The number of allylic oxidation sites excluding steroid dienone is 1. The predicted octanol–water partition coefficient (Wildman–Crippen LogP) is -2.07. The fourth-order valence-electron chi connectivity index (χ4n) is 0.463. The number of ether oxygens (including phenoxy) is 1. The molecule has 0 saturated heterocycles. The average molecular weight is 334 g/mol. The van der Waals surface area contributed by atoms with E-state index in [1.54, 1.807) is 6.92 Å². The van der Waals surface area contributed by atoms with E-state index in [-0.39, 0.29) is 58.0 Å². The summed E-state index contributed by atoms with van der Waals surface area (Å²) in [5, 5.41) is 7.49. The first kappa shape index (κ1) is 25.2. The molecule has 0 aliphatic heterocycles. The maximum Gasteiger partial charge on any atom is 1.00 e. The van der Waals surface area contributed by atoms with Crippen molar-refractivity contribution in [1.82, 2.24) is 0 Å².